The molecular weight excluding hydrogens is 356 g/mol. The maximum Gasteiger partial charge on any atom is 0.270 e. The number of amides is 1. The Hall–Kier alpha value is -2.83. The summed E-state index contributed by atoms with van der Waals surface area (Å²) in [5.74, 6) is 2.76. The van der Waals surface area contributed by atoms with Crippen LogP contribution in [0.5, 0.6) is 11.5 Å². The lowest BCUT2D eigenvalue weighted by atomic mass is 9.99. The molecule has 1 fully saturated rings. The van der Waals surface area contributed by atoms with E-state index in [1.54, 1.807) is 20.3 Å². The lowest BCUT2D eigenvalue weighted by molar-refractivity contribution is 0.0949. The molecular formula is C21H28N4O3. The summed E-state index contributed by atoms with van der Waals surface area (Å²) < 4.78 is 10.6. The van der Waals surface area contributed by atoms with Crippen molar-refractivity contribution in [3.63, 3.8) is 0 Å². The summed E-state index contributed by atoms with van der Waals surface area (Å²) in [7, 11) is 3.22. The van der Waals surface area contributed by atoms with Crippen LogP contribution >= 0.6 is 0 Å². The van der Waals surface area contributed by atoms with Gasteiger partial charge >= 0.3 is 0 Å². The Balaban J connectivity index is 1.56. The van der Waals surface area contributed by atoms with Crippen LogP contribution < -0.4 is 19.7 Å². The molecule has 0 saturated carbocycles. The van der Waals surface area contributed by atoms with Crippen LogP contribution in [0.3, 0.4) is 0 Å². The van der Waals surface area contributed by atoms with Crippen molar-refractivity contribution in [2.75, 3.05) is 38.8 Å². The average Bonchev–Trinajstić information content (AvgIpc) is 2.74. The lowest BCUT2D eigenvalue weighted by Crippen LogP contribution is -2.34. The van der Waals surface area contributed by atoms with Crippen molar-refractivity contribution in [1.82, 2.24) is 15.3 Å². The monoisotopic (exact) mass is 384 g/mol. The van der Waals surface area contributed by atoms with E-state index in [9.17, 15) is 4.79 Å². The number of rotatable bonds is 7. The molecule has 2 aromatic rings. The second kappa shape index (κ2) is 9.39. The minimum absolute atomic E-state index is 0.186. The van der Waals surface area contributed by atoms with Crippen molar-refractivity contribution in [3.05, 3.63) is 41.9 Å². The predicted molar refractivity (Wildman–Crippen MR) is 108 cm³/mol. The first-order valence-electron chi connectivity index (χ1n) is 9.66. The van der Waals surface area contributed by atoms with Crippen LogP contribution in [-0.4, -0.2) is 49.7 Å². The Labute approximate surface area is 166 Å². The maximum atomic E-state index is 12.5. The van der Waals surface area contributed by atoms with Crippen LogP contribution in [0.25, 0.3) is 0 Å². The molecule has 1 aliphatic heterocycles. The molecule has 7 heteroatoms. The van der Waals surface area contributed by atoms with E-state index in [4.69, 9.17) is 9.47 Å². The molecule has 7 nitrogen and oxygen atoms in total. The van der Waals surface area contributed by atoms with Crippen molar-refractivity contribution < 1.29 is 14.3 Å². The summed E-state index contributed by atoms with van der Waals surface area (Å²) in [5.41, 5.74) is 1.46. The van der Waals surface area contributed by atoms with E-state index in [1.807, 2.05) is 18.2 Å². The van der Waals surface area contributed by atoms with Gasteiger partial charge in [0.1, 0.15) is 17.8 Å². The van der Waals surface area contributed by atoms with Gasteiger partial charge in [-0.2, -0.15) is 0 Å². The van der Waals surface area contributed by atoms with Gasteiger partial charge in [0, 0.05) is 25.7 Å². The zero-order chi connectivity index (χ0) is 19.9. The summed E-state index contributed by atoms with van der Waals surface area (Å²) in [6.45, 7) is 4.72. The fraction of sp³-hybridized carbons (Fsp3) is 0.476. The van der Waals surface area contributed by atoms with Gasteiger partial charge in [0.25, 0.3) is 5.91 Å². The van der Waals surface area contributed by atoms with Gasteiger partial charge in [-0.15, -0.1) is 0 Å². The lowest BCUT2D eigenvalue weighted by Gasteiger charge is -2.31. The number of benzene rings is 1. The number of aromatic nitrogens is 2. The zero-order valence-electron chi connectivity index (χ0n) is 16.8. The minimum Gasteiger partial charge on any atom is -0.493 e. The number of carbonyl (C=O) groups excluding carboxylic acids is 1. The Morgan fingerprint density at radius 1 is 1.14 bits per heavy atom. The minimum atomic E-state index is -0.186. The largest absolute Gasteiger partial charge is 0.493 e. The highest BCUT2D eigenvalue weighted by Gasteiger charge is 2.18. The molecule has 3 rings (SSSR count). The number of hydrogen-bond donors (Lipinski definition) is 1. The van der Waals surface area contributed by atoms with Gasteiger partial charge in [0.15, 0.2) is 11.5 Å². The second-order valence-corrected chi connectivity index (χ2v) is 7.13. The number of piperidine rings is 1. The molecule has 0 bridgehead atoms. The van der Waals surface area contributed by atoms with Gasteiger partial charge in [-0.25, -0.2) is 9.97 Å². The molecule has 0 atom stereocenters. The Kier molecular flexibility index (Phi) is 6.68. The quantitative estimate of drug-likeness (QED) is 0.791. The Morgan fingerprint density at radius 3 is 2.61 bits per heavy atom. The molecule has 1 N–H and O–H groups in total. The van der Waals surface area contributed by atoms with Gasteiger partial charge in [0.2, 0.25) is 0 Å². The molecule has 2 heterocycles. The number of nitrogens with zero attached hydrogens (tertiary/aromatic N) is 3. The molecule has 28 heavy (non-hydrogen) atoms. The van der Waals surface area contributed by atoms with Crippen molar-refractivity contribution in [2.24, 2.45) is 5.92 Å². The van der Waals surface area contributed by atoms with Crippen molar-refractivity contribution in [1.29, 1.82) is 0 Å². The van der Waals surface area contributed by atoms with Crippen LogP contribution in [0.15, 0.2) is 30.6 Å². The van der Waals surface area contributed by atoms with Gasteiger partial charge in [-0.3, -0.25) is 4.79 Å². The van der Waals surface area contributed by atoms with Crippen LogP contribution in [0.4, 0.5) is 5.82 Å². The van der Waals surface area contributed by atoms with E-state index < -0.39 is 0 Å². The van der Waals surface area contributed by atoms with Gasteiger partial charge in [-0.1, -0.05) is 13.0 Å². The second-order valence-electron chi connectivity index (χ2n) is 7.13. The number of methoxy groups -OCH3 is 2. The molecule has 1 amide bonds. The van der Waals surface area contributed by atoms with Gasteiger partial charge in [0.05, 0.1) is 14.2 Å². The number of anilines is 1. The van der Waals surface area contributed by atoms with E-state index in [1.165, 1.54) is 6.33 Å². The van der Waals surface area contributed by atoms with Gasteiger partial charge in [-0.05, 0) is 42.9 Å². The summed E-state index contributed by atoms with van der Waals surface area (Å²) in [6.07, 6.45) is 4.46. The average molecular weight is 384 g/mol. The third kappa shape index (κ3) is 4.91. The molecule has 0 unspecified atom stereocenters. The molecule has 1 aliphatic rings. The predicted octanol–water partition coefficient (Wildman–Crippen LogP) is 2.70. The van der Waals surface area contributed by atoms with E-state index in [-0.39, 0.29) is 5.91 Å². The number of ether oxygens (including phenoxy) is 2. The molecule has 1 saturated heterocycles. The summed E-state index contributed by atoms with van der Waals surface area (Å²) in [5, 5.41) is 2.93. The fourth-order valence-corrected chi connectivity index (χ4v) is 3.33. The van der Waals surface area contributed by atoms with E-state index >= 15 is 0 Å². The molecule has 1 aromatic heterocycles. The molecule has 0 spiro atoms. The molecule has 1 aromatic carbocycles. The highest BCUT2D eigenvalue weighted by Crippen LogP contribution is 2.27. The first kappa shape index (κ1) is 19.9. The fourth-order valence-electron chi connectivity index (χ4n) is 3.33. The Morgan fingerprint density at radius 2 is 1.89 bits per heavy atom. The highest BCUT2D eigenvalue weighted by molar-refractivity contribution is 5.92. The maximum absolute atomic E-state index is 12.5. The number of nitrogens with one attached hydrogen (secondary N) is 1. The highest BCUT2D eigenvalue weighted by atomic mass is 16.5. The van der Waals surface area contributed by atoms with E-state index in [2.05, 4.69) is 27.1 Å². The van der Waals surface area contributed by atoms with E-state index in [0.717, 1.165) is 43.2 Å². The molecule has 0 radical (unpaired) electrons. The van der Waals surface area contributed by atoms with Crippen molar-refractivity contribution in [2.45, 2.75) is 26.2 Å². The standard InChI is InChI=1S/C21H28N4O3/c1-15-7-10-25(11-8-15)20-13-17(23-14-24-20)21(26)22-9-6-16-4-5-18(27-2)19(12-16)28-3/h4-5,12-15H,6-11H2,1-3H3,(H,22,26). The van der Waals surface area contributed by atoms with Crippen LogP contribution in [0, 0.1) is 5.92 Å². The topological polar surface area (TPSA) is 76.6 Å². The SMILES string of the molecule is COc1ccc(CCNC(=O)c2cc(N3CCC(C)CC3)ncn2)cc1OC. The van der Waals surface area contributed by atoms with E-state index in [0.29, 0.717) is 30.2 Å². The Bertz CT molecular complexity index is 804. The van der Waals surface area contributed by atoms with Crippen LogP contribution in [0.2, 0.25) is 0 Å². The van der Waals surface area contributed by atoms with Crippen LogP contribution in [-0.2, 0) is 6.42 Å². The number of hydrogen-bond acceptors (Lipinski definition) is 6. The van der Waals surface area contributed by atoms with Crippen molar-refractivity contribution in [3.8, 4) is 11.5 Å². The van der Waals surface area contributed by atoms with Crippen molar-refractivity contribution >= 4 is 11.7 Å². The first-order valence-corrected chi connectivity index (χ1v) is 9.66. The van der Waals surface area contributed by atoms with Gasteiger partial charge < -0.3 is 19.7 Å². The third-order valence-corrected chi connectivity index (χ3v) is 5.14. The van der Waals surface area contributed by atoms with Crippen LogP contribution in [0.1, 0.15) is 35.8 Å². The summed E-state index contributed by atoms with van der Waals surface area (Å²) in [4.78, 5) is 23.2. The summed E-state index contributed by atoms with van der Waals surface area (Å²) in [6, 6.07) is 7.53. The zero-order valence-corrected chi connectivity index (χ0v) is 16.8. The smallest absolute Gasteiger partial charge is 0.270 e. The molecule has 150 valence electrons. The number of carbonyl (C=O) groups is 1. The third-order valence-electron chi connectivity index (χ3n) is 5.14. The summed E-state index contributed by atoms with van der Waals surface area (Å²) >= 11 is 0. The first-order chi connectivity index (χ1) is 13.6. The molecule has 0 aliphatic carbocycles. The normalized spacial score (nSPS) is 14.6.